The third kappa shape index (κ3) is 5.00. The first-order chi connectivity index (χ1) is 16.9. The number of nitrogens with one attached hydrogen (secondary N) is 1. The third-order valence-electron chi connectivity index (χ3n) is 7.32. The molecule has 0 aliphatic heterocycles. The average Bonchev–Trinajstić information content (AvgIpc) is 3.16. The molecule has 6 nitrogen and oxygen atoms in total. The Kier molecular flexibility index (Phi) is 7.35. The number of anilines is 1. The van der Waals surface area contributed by atoms with E-state index in [0.717, 1.165) is 40.8 Å². The number of ether oxygens (including phenoxy) is 2. The van der Waals surface area contributed by atoms with E-state index in [2.05, 4.69) is 43.6 Å². The Balaban J connectivity index is 1.55. The standard InChI is InChI=1S/C29H35N3O3/c1-6-32-26-16-22(34-5)12-14-24(26)25(17-30)28(32)20-8-10-21(11-9-20)31-29(33)35-27-15-19(4)7-13-23(27)18(2)3/h8-12,14,16,18-19,23,27H,6-7,13,15H2,1-5H3,(H,31,33). The zero-order valence-corrected chi connectivity index (χ0v) is 21.3. The molecule has 0 bridgehead atoms. The lowest BCUT2D eigenvalue weighted by Gasteiger charge is -2.36. The van der Waals surface area contributed by atoms with E-state index in [9.17, 15) is 10.1 Å². The van der Waals surface area contributed by atoms with Crippen LogP contribution in [0.2, 0.25) is 0 Å². The van der Waals surface area contributed by atoms with Crippen LogP contribution in [0.25, 0.3) is 22.2 Å². The monoisotopic (exact) mass is 473 g/mol. The zero-order valence-electron chi connectivity index (χ0n) is 21.3. The third-order valence-corrected chi connectivity index (χ3v) is 7.32. The van der Waals surface area contributed by atoms with Gasteiger partial charge in [-0.3, -0.25) is 5.32 Å². The second kappa shape index (κ2) is 10.4. The van der Waals surface area contributed by atoms with E-state index in [0.29, 0.717) is 35.5 Å². The van der Waals surface area contributed by atoms with Gasteiger partial charge in [-0.15, -0.1) is 0 Å². The number of carbonyl (C=O) groups is 1. The Morgan fingerprint density at radius 3 is 2.57 bits per heavy atom. The van der Waals surface area contributed by atoms with Crippen molar-refractivity contribution in [2.45, 2.75) is 59.6 Å². The molecule has 3 unspecified atom stereocenters. The maximum absolute atomic E-state index is 12.7. The van der Waals surface area contributed by atoms with Gasteiger partial charge in [-0.25, -0.2) is 4.79 Å². The van der Waals surface area contributed by atoms with Crippen LogP contribution < -0.4 is 10.1 Å². The van der Waals surface area contributed by atoms with E-state index in [-0.39, 0.29) is 6.10 Å². The predicted molar refractivity (Wildman–Crippen MR) is 140 cm³/mol. The molecule has 3 aromatic rings. The molecule has 1 aliphatic rings. The van der Waals surface area contributed by atoms with Crippen LogP contribution in [0.3, 0.4) is 0 Å². The van der Waals surface area contributed by atoms with Gasteiger partial charge >= 0.3 is 6.09 Å². The SMILES string of the molecule is CCn1c(-c2ccc(NC(=O)OC3CC(C)CCC3C(C)C)cc2)c(C#N)c2ccc(OC)cc21. The highest BCUT2D eigenvalue weighted by Gasteiger charge is 2.33. The number of hydrogen-bond donors (Lipinski definition) is 1. The van der Waals surface area contributed by atoms with Crippen molar-refractivity contribution in [3.63, 3.8) is 0 Å². The molecule has 1 fully saturated rings. The van der Waals surface area contributed by atoms with Gasteiger partial charge in [0.1, 0.15) is 17.9 Å². The fourth-order valence-corrected chi connectivity index (χ4v) is 5.44. The number of amides is 1. The lowest BCUT2D eigenvalue weighted by atomic mass is 9.75. The minimum atomic E-state index is -0.407. The number of nitrogens with zero attached hydrogens (tertiary/aromatic N) is 2. The van der Waals surface area contributed by atoms with E-state index >= 15 is 0 Å². The Morgan fingerprint density at radius 1 is 1.20 bits per heavy atom. The van der Waals surface area contributed by atoms with Crippen LogP contribution in [0.15, 0.2) is 42.5 Å². The Morgan fingerprint density at radius 2 is 1.94 bits per heavy atom. The molecular formula is C29H35N3O3. The fourth-order valence-electron chi connectivity index (χ4n) is 5.44. The van der Waals surface area contributed by atoms with Crippen molar-refractivity contribution in [1.82, 2.24) is 4.57 Å². The summed E-state index contributed by atoms with van der Waals surface area (Å²) in [7, 11) is 1.64. The van der Waals surface area contributed by atoms with Crippen molar-refractivity contribution >= 4 is 22.7 Å². The minimum Gasteiger partial charge on any atom is -0.497 e. The summed E-state index contributed by atoms with van der Waals surface area (Å²) in [5.41, 5.74) is 4.05. The summed E-state index contributed by atoms with van der Waals surface area (Å²) >= 11 is 0. The van der Waals surface area contributed by atoms with Crippen LogP contribution in [0.4, 0.5) is 10.5 Å². The molecule has 1 amide bonds. The lowest BCUT2D eigenvalue weighted by molar-refractivity contribution is 0.0126. The van der Waals surface area contributed by atoms with Crippen molar-refractivity contribution in [3.8, 4) is 23.1 Å². The molecule has 2 aromatic carbocycles. The summed E-state index contributed by atoms with van der Waals surface area (Å²) in [4.78, 5) is 12.7. The zero-order chi connectivity index (χ0) is 25.1. The van der Waals surface area contributed by atoms with E-state index in [1.54, 1.807) is 7.11 Å². The van der Waals surface area contributed by atoms with Crippen LogP contribution in [0.5, 0.6) is 5.75 Å². The number of fused-ring (bicyclic) bond motifs is 1. The fraction of sp³-hybridized carbons (Fsp3) is 0.448. The molecule has 4 rings (SSSR count). The molecule has 1 saturated carbocycles. The topological polar surface area (TPSA) is 76.3 Å². The molecule has 0 saturated heterocycles. The maximum Gasteiger partial charge on any atom is 0.411 e. The second-order valence-corrected chi connectivity index (χ2v) is 9.93. The number of benzene rings is 2. The average molecular weight is 474 g/mol. The Labute approximate surface area is 207 Å². The molecule has 0 radical (unpaired) electrons. The normalized spacial score (nSPS) is 20.0. The first-order valence-corrected chi connectivity index (χ1v) is 12.5. The number of carbonyl (C=O) groups excluding carboxylic acids is 1. The number of nitriles is 1. The molecule has 1 N–H and O–H groups in total. The van der Waals surface area contributed by atoms with E-state index in [1.807, 2.05) is 42.5 Å². The number of hydrogen-bond acceptors (Lipinski definition) is 4. The lowest BCUT2D eigenvalue weighted by Crippen LogP contribution is -2.36. The van der Waals surface area contributed by atoms with Crippen LogP contribution in [0, 0.1) is 29.1 Å². The van der Waals surface area contributed by atoms with Gasteiger partial charge < -0.3 is 14.0 Å². The summed E-state index contributed by atoms with van der Waals surface area (Å²) in [5, 5.41) is 13.7. The molecular weight excluding hydrogens is 438 g/mol. The highest BCUT2D eigenvalue weighted by Crippen LogP contribution is 2.37. The number of methoxy groups -OCH3 is 1. The van der Waals surface area contributed by atoms with E-state index in [4.69, 9.17) is 9.47 Å². The van der Waals surface area contributed by atoms with Gasteiger partial charge in [0.25, 0.3) is 0 Å². The van der Waals surface area contributed by atoms with Gasteiger partial charge in [-0.1, -0.05) is 39.3 Å². The van der Waals surface area contributed by atoms with Crippen LogP contribution in [-0.2, 0) is 11.3 Å². The van der Waals surface area contributed by atoms with Gasteiger partial charge in [-0.2, -0.15) is 5.26 Å². The Hall–Kier alpha value is -3.46. The van der Waals surface area contributed by atoms with Crippen molar-refractivity contribution in [2.24, 2.45) is 17.8 Å². The van der Waals surface area contributed by atoms with Crippen LogP contribution in [-0.4, -0.2) is 23.9 Å². The number of aromatic nitrogens is 1. The summed E-state index contributed by atoms with van der Waals surface area (Å²) in [6, 6.07) is 15.8. The summed E-state index contributed by atoms with van der Waals surface area (Å²) in [5.74, 6) is 2.21. The largest absolute Gasteiger partial charge is 0.497 e. The Bertz CT molecular complexity index is 1240. The predicted octanol–water partition coefficient (Wildman–Crippen LogP) is 7.22. The highest BCUT2D eigenvalue weighted by molar-refractivity contribution is 5.95. The first kappa shape index (κ1) is 24.7. The van der Waals surface area contributed by atoms with Gasteiger partial charge in [0, 0.05) is 23.7 Å². The molecule has 1 aliphatic carbocycles. The molecule has 184 valence electrons. The smallest absolute Gasteiger partial charge is 0.411 e. The van der Waals surface area contributed by atoms with E-state index in [1.165, 1.54) is 6.42 Å². The van der Waals surface area contributed by atoms with Crippen molar-refractivity contribution in [1.29, 1.82) is 5.26 Å². The van der Waals surface area contributed by atoms with Crippen LogP contribution >= 0.6 is 0 Å². The van der Waals surface area contributed by atoms with Crippen molar-refractivity contribution in [2.75, 3.05) is 12.4 Å². The van der Waals surface area contributed by atoms with Crippen molar-refractivity contribution < 1.29 is 14.3 Å². The second-order valence-electron chi connectivity index (χ2n) is 9.93. The summed E-state index contributed by atoms with van der Waals surface area (Å²) < 4.78 is 13.4. The summed E-state index contributed by atoms with van der Waals surface area (Å²) in [6.45, 7) is 9.41. The number of rotatable bonds is 6. The van der Waals surface area contributed by atoms with Gasteiger partial charge in [0.2, 0.25) is 0 Å². The molecule has 0 spiro atoms. The van der Waals surface area contributed by atoms with Crippen LogP contribution in [0.1, 0.15) is 52.5 Å². The molecule has 6 heteroatoms. The summed E-state index contributed by atoms with van der Waals surface area (Å²) in [6.07, 6.45) is 2.75. The van der Waals surface area contributed by atoms with Crippen molar-refractivity contribution in [3.05, 3.63) is 48.0 Å². The van der Waals surface area contributed by atoms with Gasteiger partial charge in [0.05, 0.1) is 23.9 Å². The molecule has 1 aromatic heterocycles. The van der Waals surface area contributed by atoms with E-state index < -0.39 is 6.09 Å². The number of aryl methyl sites for hydroxylation is 1. The highest BCUT2D eigenvalue weighted by atomic mass is 16.6. The van der Waals surface area contributed by atoms with Gasteiger partial charge in [0.15, 0.2) is 0 Å². The molecule has 1 heterocycles. The van der Waals surface area contributed by atoms with Gasteiger partial charge in [-0.05, 0) is 67.3 Å². The minimum absolute atomic E-state index is 0.0477. The maximum atomic E-state index is 12.7. The quantitative estimate of drug-likeness (QED) is 0.410. The molecule has 35 heavy (non-hydrogen) atoms. The molecule has 3 atom stereocenters. The first-order valence-electron chi connectivity index (χ1n) is 12.5.